The fraction of sp³-hybridized carbons (Fsp3) is 0.580. The van der Waals surface area contributed by atoms with Gasteiger partial charge in [-0.05, 0) is 71.6 Å². The van der Waals surface area contributed by atoms with Crippen molar-refractivity contribution in [3.63, 3.8) is 0 Å². The zero-order chi connectivity index (χ0) is 78.8. The third-order valence-electron chi connectivity index (χ3n) is 19.5. The number of piperidine rings is 3. The quantitative estimate of drug-likeness (QED) is 0.0460. The lowest BCUT2D eigenvalue weighted by atomic mass is 10.0. The highest BCUT2D eigenvalue weighted by molar-refractivity contribution is 5.85. The van der Waals surface area contributed by atoms with E-state index in [9.17, 15) is 78.8 Å². The van der Waals surface area contributed by atoms with Gasteiger partial charge < -0.3 is 80.0 Å². The van der Waals surface area contributed by atoms with Gasteiger partial charge in [-0.3, -0.25) is 24.0 Å². The van der Waals surface area contributed by atoms with Crippen LogP contribution in [0.15, 0.2) is 83.4 Å². The number of hydrogen-bond acceptors (Lipinski definition) is 26. The van der Waals surface area contributed by atoms with Crippen LogP contribution in [0.2, 0.25) is 0 Å². The highest BCUT2D eigenvalue weighted by Gasteiger charge is 2.46. The third kappa shape index (κ3) is 21.3. The Hall–Kier alpha value is -9.19. The minimum Gasteiger partial charge on any atom is -0.497 e. The standard InChI is InChI=1S/C30H36F3N7O5.C22H28F3N7O4.C17H24F3N5O3.ClH.H2/c1-18(37-23-14-36-40(27(42)19(23)2)15-20-4-6-22(44-3)7-5-20)17-45-26-9-11-39(28(26)43)24-8-10-38(16-25(24)41)29-34-12-21(13-35-29)30(31,32)33;1-12(29-15-9-28-30-19(34)13(15)2)11-36-18-4-6-32(20(18)35)16-3-5-31(10-17(16)33)21-26-7-14(8-27-21)22(23,24)25;1-10(21)9-28-14-3-5-25(15(14)27)12-2-4-24(8-13(12)26)16-22-6-11(7-23-16)17(18,19)20;;/h4-7,12-14,18,24-26,37,41H,8-11,15-17H2,1-3H3;7-9,12,16-18,33H,3-6,10-11H2,1-2H3,(H2,29,30,34);6-7,10,12-14,26H,2-5,8-9,21H2,1H3;2*1H/t18-,24-,25+,26+;12-,16-,17+,18+;10-,12-,13+,14+;;/m000../s1. The van der Waals surface area contributed by atoms with Crippen LogP contribution in [0.1, 0.15) is 94.1 Å². The lowest BCUT2D eigenvalue weighted by molar-refractivity contribution is -0.142. The van der Waals surface area contributed by atoms with E-state index in [1.54, 1.807) is 63.5 Å². The smallest absolute Gasteiger partial charge is 0.419 e. The number of aliphatic hydroxyl groups excluding tert-OH is 3. The summed E-state index contributed by atoms with van der Waals surface area (Å²) in [5.41, 5.74) is 5.41. The maximum Gasteiger partial charge on any atom is 0.419 e. The lowest BCUT2D eigenvalue weighted by Gasteiger charge is -2.40. The number of amides is 3. The molecule has 0 aliphatic carbocycles. The minimum absolute atomic E-state index is 0. The van der Waals surface area contributed by atoms with Crippen LogP contribution in [0.4, 0.5) is 68.7 Å². The number of anilines is 5. The van der Waals surface area contributed by atoms with Gasteiger partial charge in [-0.1, -0.05) is 12.1 Å². The number of nitrogens with two attached hydrogens (primary N) is 1. The molecular weight excluding hydrogens is 1490 g/mol. The number of carbonyl (C=O) groups excluding carboxylic acids is 3. The van der Waals surface area contributed by atoms with Crippen LogP contribution in [0.3, 0.4) is 0 Å². The second-order valence-corrected chi connectivity index (χ2v) is 27.6. The molecule has 0 saturated carbocycles. The van der Waals surface area contributed by atoms with Gasteiger partial charge in [0.15, 0.2) is 0 Å². The number of carbonyl (C=O) groups is 3. The summed E-state index contributed by atoms with van der Waals surface area (Å²) in [5.74, 6) is 0.452. The zero-order valence-corrected chi connectivity index (χ0v) is 61.7. The van der Waals surface area contributed by atoms with Crippen molar-refractivity contribution in [1.82, 2.24) is 64.6 Å². The van der Waals surface area contributed by atoms with Gasteiger partial charge in [-0.15, -0.1) is 12.4 Å². The Bertz CT molecular complexity index is 4170. The Kier molecular flexibility index (Phi) is 28.3. The van der Waals surface area contributed by atoms with Crippen molar-refractivity contribution in [3.8, 4) is 5.75 Å². The Morgan fingerprint density at radius 2 is 0.882 bits per heavy atom. The van der Waals surface area contributed by atoms with E-state index in [-0.39, 0.29) is 124 Å². The molecule has 1 aromatic carbocycles. The molecule has 41 heteroatoms. The van der Waals surface area contributed by atoms with E-state index in [4.69, 9.17) is 24.7 Å². The summed E-state index contributed by atoms with van der Waals surface area (Å²) >= 11 is 0. The summed E-state index contributed by atoms with van der Waals surface area (Å²) in [5, 5.41) is 48.9. The van der Waals surface area contributed by atoms with Crippen LogP contribution in [0.25, 0.3) is 0 Å². The van der Waals surface area contributed by atoms with E-state index in [0.717, 1.165) is 48.5 Å². The van der Waals surface area contributed by atoms with Gasteiger partial charge in [0.2, 0.25) is 17.8 Å². The van der Waals surface area contributed by atoms with Gasteiger partial charge in [0.25, 0.3) is 28.8 Å². The molecule has 31 nitrogen and oxygen atoms in total. The third-order valence-corrected chi connectivity index (χ3v) is 19.5. The number of likely N-dealkylation sites (tertiary alicyclic amines) is 3. The molecule has 12 atom stereocenters. The number of β-amino-alcohol motifs (C(OH)–C–C–N with tert-alkyl or cyclic N) is 3. The van der Waals surface area contributed by atoms with E-state index >= 15 is 0 Å². The van der Waals surface area contributed by atoms with E-state index < -0.39 is 83.9 Å². The Labute approximate surface area is 633 Å². The van der Waals surface area contributed by atoms with Crippen molar-refractivity contribution in [2.45, 2.75) is 171 Å². The number of aliphatic hydroxyl groups is 3. The number of nitrogens with one attached hydrogen (secondary N) is 3. The van der Waals surface area contributed by atoms with Gasteiger partial charge >= 0.3 is 18.5 Å². The number of ether oxygens (including phenoxy) is 4. The van der Waals surface area contributed by atoms with Gasteiger partial charge in [-0.25, -0.2) is 39.7 Å². The van der Waals surface area contributed by atoms with Crippen molar-refractivity contribution >= 4 is 59.3 Å². The fourth-order valence-electron chi connectivity index (χ4n) is 13.5. The van der Waals surface area contributed by atoms with Gasteiger partial charge in [0.05, 0.1) is 110 Å². The van der Waals surface area contributed by atoms with E-state index in [1.807, 2.05) is 38.1 Å². The minimum atomic E-state index is -4.53. The van der Waals surface area contributed by atoms with Crippen LogP contribution in [-0.2, 0) is 53.7 Å². The summed E-state index contributed by atoms with van der Waals surface area (Å²) in [6, 6.07) is 5.55. The molecule has 6 saturated heterocycles. The highest BCUT2D eigenvalue weighted by Crippen LogP contribution is 2.35. The average molecular weight is 1590 g/mol. The first-order valence-corrected chi connectivity index (χ1v) is 35.4. The number of benzene rings is 1. The predicted molar refractivity (Wildman–Crippen MR) is 383 cm³/mol. The maximum atomic E-state index is 13.2. The number of rotatable bonds is 22. The Morgan fingerprint density at radius 3 is 1.22 bits per heavy atom. The van der Waals surface area contributed by atoms with Crippen molar-refractivity contribution < 1.29 is 89.6 Å². The summed E-state index contributed by atoms with van der Waals surface area (Å²) < 4.78 is 139. The van der Waals surface area contributed by atoms with Gasteiger partial charge in [0.1, 0.15) is 24.1 Å². The largest absolute Gasteiger partial charge is 0.497 e. The van der Waals surface area contributed by atoms with Crippen molar-refractivity contribution in [2.75, 3.05) is 111 Å². The molecule has 3 amide bonds. The maximum absolute atomic E-state index is 13.2. The Balaban J connectivity index is 0.000000213. The lowest BCUT2D eigenvalue weighted by Crippen LogP contribution is -2.55. The zero-order valence-electron chi connectivity index (χ0n) is 60.9. The number of hydrogen-bond donors (Lipinski definition) is 7. The summed E-state index contributed by atoms with van der Waals surface area (Å²) in [4.78, 5) is 95.8. The first-order valence-electron chi connectivity index (χ1n) is 35.4. The average Bonchev–Trinajstić information content (AvgIpc) is 1.65. The molecule has 12 rings (SSSR count). The van der Waals surface area contributed by atoms with Crippen LogP contribution < -0.4 is 46.9 Å². The van der Waals surface area contributed by atoms with E-state index in [0.29, 0.717) is 107 Å². The summed E-state index contributed by atoms with van der Waals surface area (Å²) in [6.45, 7) is 12.8. The number of H-pyrrole nitrogens is 1. The first-order chi connectivity index (χ1) is 51.6. The molecule has 5 aromatic heterocycles. The van der Waals surface area contributed by atoms with Crippen LogP contribution >= 0.6 is 12.4 Å². The fourth-order valence-corrected chi connectivity index (χ4v) is 13.5. The first kappa shape index (κ1) is 84.8. The number of nitrogens with zero attached hydrogens (tertiary/aromatic N) is 15. The number of aromatic amines is 1. The number of methoxy groups -OCH3 is 1. The molecule has 6 fully saturated rings. The second kappa shape index (κ2) is 36.8. The SMILES string of the molecule is COc1ccc(Cn2ncc(N[C@@H](C)CO[C@@H]3CCN([C@H]4CCN(c5ncc(C(F)(F)F)cn5)C[C@H]4O)C3=O)c(C)c2=O)cc1.C[C@H](N)CO[C@@H]1CCN([C@H]2CCN(c3ncc(C(F)(F)F)cn3)C[C@H]2O)C1=O.Cc1c(N[C@@H](C)CO[C@@H]2CCN([C@H]3CCN(c4ncc(C(F)(F)F)cn4)C[C@H]3O)C2=O)cn[nH]c1=O.Cl.[HH]. The molecule has 11 heterocycles. The number of aromatic nitrogens is 10. The second-order valence-electron chi connectivity index (χ2n) is 27.6. The van der Waals surface area contributed by atoms with Crippen LogP contribution in [0.5, 0.6) is 5.75 Å². The highest BCUT2D eigenvalue weighted by atomic mass is 35.5. The van der Waals surface area contributed by atoms with E-state index in [1.165, 1.54) is 10.9 Å². The summed E-state index contributed by atoms with van der Waals surface area (Å²) in [6.07, 6.45) is -7.94. The molecule has 110 heavy (non-hydrogen) atoms. The predicted octanol–water partition coefficient (Wildman–Crippen LogP) is 4.49. The molecule has 0 spiro atoms. The van der Waals surface area contributed by atoms with Gasteiger partial charge in [0, 0.05) is 146 Å². The topological polar surface area (TPSA) is 376 Å². The molecule has 0 bridgehead atoms. The molecule has 6 aliphatic heterocycles. The van der Waals surface area contributed by atoms with Crippen LogP contribution in [-0.4, -0.2) is 256 Å². The molecule has 8 N–H and O–H groups in total. The number of halogens is 10. The van der Waals surface area contributed by atoms with Gasteiger partial charge in [-0.2, -0.15) is 49.7 Å². The molecule has 6 aliphatic rings. The molecule has 604 valence electrons. The molecule has 0 radical (unpaired) electrons. The van der Waals surface area contributed by atoms with Crippen molar-refractivity contribution in [1.29, 1.82) is 0 Å². The molecule has 6 aromatic rings. The number of alkyl halides is 9. The summed E-state index contributed by atoms with van der Waals surface area (Å²) in [7, 11) is 1.59. The van der Waals surface area contributed by atoms with Crippen molar-refractivity contribution in [3.05, 3.63) is 128 Å². The monoisotopic (exact) mass is 1580 g/mol. The normalized spacial score (nSPS) is 23.4. The van der Waals surface area contributed by atoms with E-state index in [2.05, 4.69) is 55.8 Å². The van der Waals surface area contributed by atoms with Crippen molar-refractivity contribution in [2.24, 2.45) is 5.73 Å². The Morgan fingerprint density at radius 1 is 0.527 bits per heavy atom. The van der Waals surface area contributed by atoms with Crippen LogP contribution in [0, 0.1) is 13.8 Å². The molecular formula is C69H91ClF9N19O12. The molecule has 0 unspecified atom stereocenters.